The molecule has 1 aromatic heterocycles. The Bertz CT molecular complexity index is 583. The molecule has 2 aromatic rings. The lowest BCUT2D eigenvalue weighted by Gasteiger charge is -2.11. The summed E-state index contributed by atoms with van der Waals surface area (Å²) in [5.74, 6) is 1.82. The first kappa shape index (κ1) is 17.7. The zero-order chi connectivity index (χ0) is 16.3. The molecule has 5 nitrogen and oxygen atoms in total. The Labute approximate surface area is 146 Å². The second kappa shape index (κ2) is 10.2. The molecular formula is C16H22ClN5S. The summed E-state index contributed by atoms with van der Waals surface area (Å²) in [6.07, 6.45) is 5.53. The zero-order valence-corrected chi connectivity index (χ0v) is 14.8. The summed E-state index contributed by atoms with van der Waals surface area (Å²) < 4.78 is 2.02. The molecule has 0 aliphatic rings. The molecule has 2 N–H and O–H groups in total. The predicted octanol–water partition coefficient (Wildman–Crippen LogP) is 2.88. The topological polar surface area (TPSA) is 54.2 Å². The van der Waals surface area contributed by atoms with E-state index < -0.39 is 0 Å². The van der Waals surface area contributed by atoms with Crippen LogP contribution in [0.4, 0.5) is 0 Å². The van der Waals surface area contributed by atoms with Gasteiger partial charge in [-0.3, -0.25) is 4.99 Å². The van der Waals surface area contributed by atoms with Crippen LogP contribution in [0.1, 0.15) is 6.92 Å². The normalized spacial score (nSPS) is 11.5. The van der Waals surface area contributed by atoms with Crippen molar-refractivity contribution in [2.24, 2.45) is 4.99 Å². The second-order valence-electron chi connectivity index (χ2n) is 4.79. The van der Waals surface area contributed by atoms with E-state index in [-0.39, 0.29) is 0 Å². The van der Waals surface area contributed by atoms with Crippen LogP contribution in [0.3, 0.4) is 0 Å². The largest absolute Gasteiger partial charge is 0.357 e. The second-order valence-corrected chi connectivity index (χ2v) is 6.40. The van der Waals surface area contributed by atoms with Gasteiger partial charge in [0.2, 0.25) is 0 Å². The SMILES string of the molecule is CCNC(=NCCn1ccnc1)NCCSc1ccc(Cl)cc1. The Morgan fingerprint density at radius 3 is 2.83 bits per heavy atom. The molecule has 0 radical (unpaired) electrons. The molecule has 0 spiro atoms. The third-order valence-electron chi connectivity index (χ3n) is 3.01. The van der Waals surface area contributed by atoms with Crippen molar-refractivity contribution in [3.8, 4) is 0 Å². The first-order chi connectivity index (χ1) is 11.3. The molecule has 1 heterocycles. The summed E-state index contributed by atoms with van der Waals surface area (Å²) in [5.41, 5.74) is 0. The minimum atomic E-state index is 0.718. The first-order valence-electron chi connectivity index (χ1n) is 7.64. The Morgan fingerprint density at radius 1 is 1.30 bits per heavy atom. The standard InChI is InChI=1S/C16H22ClN5S/c1-2-19-16(20-8-11-22-10-7-18-13-22)21-9-12-23-15-5-3-14(17)4-6-15/h3-7,10,13H,2,8-9,11-12H2,1H3,(H2,19,20,21). The number of rotatable bonds is 8. The molecule has 0 bridgehead atoms. The van der Waals surface area contributed by atoms with E-state index in [0.717, 1.165) is 42.9 Å². The number of aliphatic imine (C=N–C) groups is 1. The minimum Gasteiger partial charge on any atom is -0.357 e. The van der Waals surface area contributed by atoms with Crippen molar-refractivity contribution < 1.29 is 0 Å². The number of halogens is 1. The molecule has 23 heavy (non-hydrogen) atoms. The van der Waals surface area contributed by atoms with Crippen LogP contribution in [0.5, 0.6) is 0 Å². The summed E-state index contributed by atoms with van der Waals surface area (Å²) >= 11 is 7.68. The van der Waals surface area contributed by atoms with E-state index in [4.69, 9.17) is 11.6 Å². The third kappa shape index (κ3) is 6.97. The van der Waals surface area contributed by atoms with Crippen LogP contribution >= 0.6 is 23.4 Å². The summed E-state index contributed by atoms with van der Waals surface area (Å²) in [6, 6.07) is 7.91. The molecule has 0 fully saturated rings. The number of hydrogen-bond acceptors (Lipinski definition) is 3. The van der Waals surface area contributed by atoms with E-state index in [2.05, 4.69) is 27.5 Å². The summed E-state index contributed by atoms with van der Waals surface area (Å²) in [7, 11) is 0. The fourth-order valence-electron chi connectivity index (χ4n) is 1.91. The van der Waals surface area contributed by atoms with Gasteiger partial charge in [0.1, 0.15) is 0 Å². The van der Waals surface area contributed by atoms with Crippen molar-refractivity contribution in [2.45, 2.75) is 18.4 Å². The van der Waals surface area contributed by atoms with Crippen molar-refractivity contribution in [3.63, 3.8) is 0 Å². The van der Waals surface area contributed by atoms with Gasteiger partial charge in [0.05, 0.1) is 12.9 Å². The van der Waals surface area contributed by atoms with Gasteiger partial charge >= 0.3 is 0 Å². The van der Waals surface area contributed by atoms with Gasteiger partial charge in [0.25, 0.3) is 0 Å². The van der Waals surface area contributed by atoms with E-state index in [1.54, 1.807) is 24.3 Å². The zero-order valence-electron chi connectivity index (χ0n) is 13.2. The number of guanidine groups is 1. The molecule has 0 unspecified atom stereocenters. The maximum Gasteiger partial charge on any atom is 0.191 e. The fourth-order valence-corrected chi connectivity index (χ4v) is 2.80. The van der Waals surface area contributed by atoms with E-state index >= 15 is 0 Å². The molecule has 124 valence electrons. The average molecular weight is 352 g/mol. The van der Waals surface area contributed by atoms with Gasteiger partial charge in [0, 0.05) is 47.7 Å². The van der Waals surface area contributed by atoms with Crippen LogP contribution in [0, 0.1) is 0 Å². The lowest BCUT2D eigenvalue weighted by molar-refractivity contribution is 0.700. The Balaban J connectivity index is 1.69. The van der Waals surface area contributed by atoms with Crippen molar-refractivity contribution in [1.82, 2.24) is 20.2 Å². The minimum absolute atomic E-state index is 0.718. The van der Waals surface area contributed by atoms with Gasteiger partial charge in [0.15, 0.2) is 5.96 Å². The highest BCUT2D eigenvalue weighted by atomic mass is 35.5. The number of aromatic nitrogens is 2. The van der Waals surface area contributed by atoms with Gasteiger partial charge in [-0.2, -0.15) is 0 Å². The van der Waals surface area contributed by atoms with Gasteiger partial charge in [-0.15, -0.1) is 11.8 Å². The van der Waals surface area contributed by atoms with Gasteiger partial charge in [-0.1, -0.05) is 11.6 Å². The number of imidazole rings is 1. The van der Waals surface area contributed by atoms with Crippen molar-refractivity contribution >= 4 is 29.3 Å². The number of benzene rings is 1. The van der Waals surface area contributed by atoms with Crippen molar-refractivity contribution in [1.29, 1.82) is 0 Å². The summed E-state index contributed by atoms with van der Waals surface area (Å²) in [5, 5.41) is 7.38. The van der Waals surface area contributed by atoms with Crippen LogP contribution in [0.25, 0.3) is 0 Å². The predicted molar refractivity (Wildman–Crippen MR) is 98.4 cm³/mol. The molecule has 1 aromatic carbocycles. The Hall–Kier alpha value is -1.66. The molecule has 0 amide bonds. The monoisotopic (exact) mass is 351 g/mol. The number of nitrogens with zero attached hydrogens (tertiary/aromatic N) is 3. The van der Waals surface area contributed by atoms with Crippen molar-refractivity contribution in [3.05, 3.63) is 48.0 Å². The molecule has 0 aliphatic carbocycles. The quantitative estimate of drug-likeness (QED) is 0.332. The number of thioether (sulfide) groups is 1. The van der Waals surface area contributed by atoms with Crippen LogP contribution in [0.15, 0.2) is 52.9 Å². The van der Waals surface area contributed by atoms with Crippen LogP contribution in [0.2, 0.25) is 5.02 Å². The van der Waals surface area contributed by atoms with E-state index in [1.807, 2.05) is 35.0 Å². The summed E-state index contributed by atoms with van der Waals surface area (Å²) in [4.78, 5) is 9.81. The molecular weight excluding hydrogens is 330 g/mol. The van der Waals surface area contributed by atoms with Crippen LogP contribution < -0.4 is 10.6 Å². The van der Waals surface area contributed by atoms with Crippen molar-refractivity contribution in [2.75, 3.05) is 25.4 Å². The highest BCUT2D eigenvalue weighted by Crippen LogP contribution is 2.19. The molecule has 0 saturated carbocycles. The lowest BCUT2D eigenvalue weighted by Crippen LogP contribution is -2.38. The number of nitrogens with one attached hydrogen (secondary N) is 2. The van der Waals surface area contributed by atoms with Crippen LogP contribution in [-0.2, 0) is 6.54 Å². The highest BCUT2D eigenvalue weighted by Gasteiger charge is 1.98. The van der Waals surface area contributed by atoms with E-state index in [9.17, 15) is 0 Å². The number of hydrogen-bond donors (Lipinski definition) is 2. The maximum absolute atomic E-state index is 5.88. The van der Waals surface area contributed by atoms with Gasteiger partial charge < -0.3 is 15.2 Å². The molecule has 2 rings (SSSR count). The molecule has 7 heteroatoms. The van der Waals surface area contributed by atoms with E-state index in [1.165, 1.54) is 4.90 Å². The fraction of sp³-hybridized carbons (Fsp3) is 0.375. The molecule has 0 saturated heterocycles. The lowest BCUT2D eigenvalue weighted by atomic mass is 10.4. The summed E-state index contributed by atoms with van der Waals surface area (Å²) in [6.45, 7) is 5.31. The highest BCUT2D eigenvalue weighted by molar-refractivity contribution is 7.99. The maximum atomic E-state index is 5.88. The van der Waals surface area contributed by atoms with Gasteiger partial charge in [-0.25, -0.2) is 4.98 Å². The van der Waals surface area contributed by atoms with Crippen LogP contribution in [-0.4, -0.2) is 40.9 Å². The Morgan fingerprint density at radius 2 is 2.13 bits per heavy atom. The van der Waals surface area contributed by atoms with E-state index in [0.29, 0.717) is 0 Å². The molecule has 0 atom stereocenters. The first-order valence-corrected chi connectivity index (χ1v) is 9.00. The van der Waals surface area contributed by atoms with Gasteiger partial charge in [-0.05, 0) is 31.2 Å². The third-order valence-corrected chi connectivity index (χ3v) is 4.27. The average Bonchev–Trinajstić information content (AvgIpc) is 3.06. The smallest absolute Gasteiger partial charge is 0.191 e. The molecule has 0 aliphatic heterocycles. The Kier molecular flexibility index (Phi) is 7.83.